The second-order valence-corrected chi connectivity index (χ2v) is 4.98. The summed E-state index contributed by atoms with van der Waals surface area (Å²) in [6, 6.07) is 0.129. The van der Waals surface area contributed by atoms with Crippen LogP contribution in [-0.4, -0.2) is 28.9 Å². The van der Waals surface area contributed by atoms with Gasteiger partial charge in [-0.25, -0.2) is 0 Å². The zero-order valence-electron chi connectivity index (χ0n) is 9.55. The largest absolute Gasteiger partial charge is 0.338 e. The lowest BCUT2D eigenvalue weighted by molar-refractivity contribution is -0.134. The summed E-state index contributed by atoms with van der Waals surface area (Å²) in [6.45, 7) is 7.15. The number of nitrogens with two attached hydrogens (primary N) is 1. The Balaban J connectivity index is 2.44. The molecular weight excluding hydrogens is 176 g/mol. The minimum atomic E-state index is 0.0644. The molecule has 82 valence electrons. The zero-order chi connectivity index (χ0) is 10.8. The Morgan fingerprint density at radius 3 is 2.64 bits per heavy atom. The highest BCUT2D eigenvalue weighted by molar-refractivity contribution is 5.77. The first kappa shape index (κ1) is 11.5. The number of rotatable bonds is 3. The Kier molecular flexibility index (Phi) is 3.53. The summed E-state index contributed by atoms with van der Waals surface area (Å²) >= 11 is 0. The van der Waals surface area contributed by atoms with Gasteiger partial charge in [0.2, 0.25) is 5.91 Å². The zero-order valence-corrected chi connectivity index (χ0v) is 9.55. The van der Waals surface area contributed by atoms with Crippen LogP contribution in [0.4, 0.5) is 0 Å². The van der Waals surface area contributed by atoms with Crippen LogP contribution in [0.25, 0.3) is 0 Å². The smallest absolute Gasteiger partial charge is 0.223 e. The summed E-state index contributed by atoms with van der Waals surface area (Å²) < 4.78 is 0. The molecule has 3 heteroatoms. The Morgan fingerprint density at radius 2 is 2.21 bits per heavy atom. The van der Waals surface area contributed by atoms with E-state index in [9.17, 15) is 4.79 Å². The van der Waals surface area contributed by atoms with Gasteiger partial charge < -0.3 is 10.6 Å². The molecule has 0 aromatic rings. The van der Waals surface area contributed by atoms with E-state index in [4.69, 9.17) is 5.73 Å². The van der Waals surface area contributed by atoms with Crippen molar-refractivity contribution in [3.05, 3.63) is 0 Å². The molecule has 1 unspecified atom stereocenters. The lowest BCUT2D eigenvalue weighted by Gasteiger charge is -2.31. The molecule has 0 bridgehead atoms. The maximum Gasteiger partial charge on any atom is 0.223 e. The van der Waals surface area contributed by atoms with E-state index in [1.807, 2.05) is 11.8 Å². The predicted molar refractivity (Wildman–Crippen MR) is 57.9 cm³/mol. The van der Waals surface area contributed by atoms with Crippen molar-refractivity contribution < 1.29 is 4.79 Å². The number of nitrogens with zero attached hydrogens (tertiary/aromatic N) is 1. The molecule has 1 amide bonds. The van der Waals surface area contributed by atoms with Gasteiger partial charge in [-0.05, 0) is 40.0 Å². The Bertz CT molecular complexity index is 211. The third-order valence-electron chi connectivity index (χ3n) is 3.02. The van der Waals surface area contributed by atoms with Gasteiger partial charge in [-0.2, -0.15) is 0 Å². The number of carbonyl (C=O) groups excluding carboxylic acids is 1. The normalized spacial score (nSPS) is 22.4. The van der Waals surface area contributed by atoms with Crippen LogP contribution in [0.1, 0.15) is 46.5 Å². The Labute approximate surface area is 86.6 Å². The number of hydrogen-bond acceptors (Lipinski definition) is 2. The molecule has 3 nitrogen and oxygen atoms in total. The van der Waals surface area contributed by atoms with Crippen molar-refractivity contribution in [2.24, 2.45) is 5.73 Å². The molecule has 1 saturated heterocycles. The van der Waals surface area contributed by atoms with E-state index in [2.05, 4.69) is 13.8 Å². The Hall–Kier alpha value is -0.570. The molecule has 2 N–H and O–H groups in total. The van der Waals surface area contributed by atoms with Gasteiger partial charge in [-0.15, -0.1) is 0 Å². The monoisotopic (exact) mass is 198 g/mol. The van der Waals surface area contributed by atoms with Gasteiger partial charge in [-0.3, -0.25) is 4.79 Å². The maximum absolute atomic E-state index is 11.8. The molecule has 1 fully saturated rings. The number of amides is 1. The fraction of sp³-hybridized carbons (Fsp3) is 0.909. The van der Waals surface area contributed by atoms with Crippen LogP contribution in [0, 0.1) is 0 Å². The van der Waals surface area contributed by atoms with Crippen molar-refractivity contribution in [2.75, 3.05) is 6.54 Å². The maximum atomic E-state index is 11.8. The molecule has 1 aliphatic heterocycles. The molecular formula is C11H22N2O. The average molecular weight is 198 g/mol. The topological polar surface area (TPSA) is 46.3 Å². The molecule has 0 spiro atoms. The van der Waals surface area contributed by atoms with E-state index in [-0.39, 0.29) is 17.5 Å². The van der Waals surface area contributed by atoms with Crippen molar-refractivity contribution in [2.45, 2.75) is 58.0 Å². The second-order valence-electron chi connectivity index (χ2n) is 4.98. The van der Waals surface area contributed by atoms with E-state index in [0.717, 1.165) is 25.8 Å². The summed E-state index contributed by atoms with van der Waals surface area (Å²) in [5.41, 5.74) is 5.70. The predicted octanol–water partition coefficient (Wildman–Crippen LogP) is 1.51. The van der Waals surface area contributed by atoms with Crippen LogP contribution in [0.15, 0.2) is 0 Å². The van der Waals surface area contributed by atoms with E-state index in [0.29, 0.717) is 6.42 Å². The van der Waals surface area contributed by atoms with E-state index in [1.54, 1.807) is 0 Å². The summed E-state index contributed by atoms with van der Waals surface area (Å²) in [5, 5.41) is 0. The fourth-order valence-corrected chi connectivity index (χ4v) is 2.06. The molecule has 14 heavy (non-hydrogen) atoms. The molecule has 0 aromatic carbocycles. The average Bonchev–Trinajstić information content (AvgIpc) is 2.41. The second kappa shape index (κ2) is 4.30. The summed E-state index contributed by atoms with van der Waals surface area (Å²) in [4.78, 5) is 13.8. The minimum Gasteiger partial charge on any atom is -0.338 e. The van der Waals surface area contributed by atoms with Crippen molar-refractivity contribution in [3.63, 3.8) is 0 Å². The lowest BCUT2D eigenvalue weighted by atomic mass is 10.0. The summed E-state index contributed by atoms with van der Waals surface area (Å²) in [5.74, 6) is 0.268. The van der Waals surface area contributed by atoms with Crippen LogP contribution >= 0.6 is 0 Å². The number of likely N-dealkylation sites (tertiary alicyclic amines) is 1. The van der Waals surface area contributed by atoms with Crippen molar-refractivity contribution in [1.82, 2.24) is 4.90 Å². The Morgan fingerprint density at radius 1 is 1.57 bits per heavy atom. The molecule has 1 atom stereocenters. The molecule has 1 aliphatic rings. The van der Waals surface area contributed by atoms with Crippen molar-refractivity contribution >= 4 is 5.91 Å². The lowest BCUT2D eigenvalue weighted by Crippen LogP contribution is -2.42. The summed E-state index contributed by atoms with van der Waals surface area (Å²) in [6.07, 6.45) is 3.65. The first-order valence-electron chi connectivity index (χ1n) is 5.49. The van der Waals surface area contributed by atoms with Crippen LogP contribution in [0.5, 0.6) is 0 Å². The van der Waals surface area contributed by atoms with Crippen LogP contribution in [-0.2, 0) is 4.79 Å². The quantitative estimate of drug-likeness (QED) is 0.747. The first-order valence-corrected chi connectivity index (χ1v) is 5.49. The minimum absolute atomic E-state index is 0.0644. The van der Waals surface area contributed by atoms with Crippen molar-refractivity contribution in [3.8, 4) is 0 Å². The summed E-state index contributed by atoms with van der Waals surface area (Å²) in [7, 11) is 0. The highest BCUT2D eigenvalue weighted by Gasteiger charge is 2.34. The number of carbonyl (C=O) groups is 1. The van der Waals surface area contributed by atoms with Gasteiger partial charge in [0.05, 0.1) is 0 Å². The van der Waals surface area contributed by atoms with Crippen LogP contribution in [0.2, 0.25) is 0 Å². The number of hydrogen-bond donors (Lipinski definition) is 1. The highest BCUT2D eigenvalue weighted by Crippen LogP contribution is 2.28. The molecule has 0 saturated carbocycles. The molecule has 0 aromatic heterocycles. The van der Waals surface area contributed by atoms with E-state index >= 15 is 0 Å². The molecule has 0 aliphatic carbocycles. The van der Waals surface area contributed by atoms with Gasteiger partial charge in [-0.1, -0.05) is 0 Å². The SMILES string of the molecule is CC(N)CCC(=O)N1CCCC1(C)C. The highest BCUT2D eigenvalue weighted by atomic mass is 16.2. The first-order chi connectivity index (χ1) is 6.43. The fourth-order valence-electron chi connectivity index (χ4n) is 2.06. The molecule has 1 heterocycles. The third-order valence-corrected chi connectivity index (χ3v) is 3.02. The van der Waals surface area contributed by atoms with E-state index < -0.39 is 0 Å². The van der Waals surface area contributed by atoms with Gasteiger partial charge in [0.15, 0.2) is 0 Å². The third kappa shape index (κ3) is 2.71. The van der Waals surface area contributed by atoms with Gasteiger partial charge in [0, 0.05) is 24.5 Å². The molecule has 0 radical (unpaired) electrons. The van der Waals surface area contributed by atoms with Crippen molar-refractivity contribution in [1.29, 1.82) is 0 Å². The standard InChI is InChI=1S/C11H22N2O/c1-9(12)5-6-10(14)13-8-4-7-11(13,2)3/h9H,4-8,12H2,1-3H3. The van der Waals surface area contributed by atoms with Gasteiger partial charge >= 0.3 is 0 Å². The van der Waals surface area contributed by atoms with Crippen LogP contribution in [0.3, 0.4) is 0 Å². The van der Waals surface area contributed by atoms with Gasteiger partial charge in [0.1, 0.15) is 0 Å². The van der Waals surface area contributed by atoms with Crippen LogP contribution < -0.4 is 5.73 Å². The molecule has 1 rings (SSSR count). The van der Waals surface area contributed by atoms with E-state index in [1.165, 1.54) is 0 Å². The van der Waals surface area contributed by atoms with Gasteiger partial charge in [0.25, 0.3) is 0 Å².